The number of nitrogens with one attached hydrogen (secondary N) is 1. The van der Waals surface area contributed by atoms with Crippen LogP contribution in [0.25, 0.3) is 0 Å². The number of anilines is 1. The van der Waals surface area contributed by atoms with Gasteiger partial charge in [0.25, 0.3) is 0 Å². The topological polar surface area (TPSA) is 35.8 Å². The molecule has 1 unspecified atom stereocenters. The molecule has 0 aromatic heterocycles. The molecule has 2 aromatic carbocycles. The second-order valence-electron chi connectivity index (χ2n) is 4.69. The summed E-state index contributed by atoms with van der Waals surface area (Å²) in [5.41, 5.74) is 2.96. The van der Waals surface area contributed by atoms with Gasteiger partial charge in [-0.3, -0.25) is 0 Å². The van der Waals surface area contributed by atoms with E-state index < -0.39 is 0 Å². The molecular formula is C17H18N2S. The lowest BCUT2D eigenvalue weighted by Gasteiger charge is -2.15. The van der Waals surface area contributed by atoms with Crippen molar-refractivity contribution < 1.29 is 0 Å². The van der Waals surface area contributed by atoms with E-state index in [1.165, 1.54) is 5.56 Å². The Balaban J connectivity index is 2.10. The lowest BCUT2D eigenvalue weighted by Crippen LogP contribution is -2.10. The van der Waals surface area contributed by atoms with Gasteiger partial charge in [0, 0.05) is 11.4 Å². The molecule has 2 nitrogen and oxygen atoms in total. The second kappa shape index (κ2) is 7.02. The minimum absolute atomic E-state index is 0.403. The number of rotatable bonds is 5. The zero-order chi connectivity index (χ0) is 14.4. The summed E-state index contributed by atoms with van der Waals surface area (Å²) in [4.78, 5) is 1.02. The van der Waals surface area contributed by atoms with Gasteiger partial charge in [-0.2, -0.15) is 5.26 Å². The van der Waals surface area contributed by atoms with Crippen molar-refractivity contribution in [2.75, 3.05) is 18.1 Å². The number of hydrogen-bond donors (Lipinski definition) is 1. The van der Waals surface area contributed by atoms with E-state index in [1.54, 1.807) is 11.8 Å². The summed E-state index contributed by atoms with van der Waals surface area (Å²) in [5.74, 6) is 0.403. The Labute approximate surface area is 124 Å². The molecule has 0 amide bonds. The van der Waals surface area contributed by atoms with Gasteiger partial charge in [0.15, 0.2) is 0 Å². The van der Waals surface area contributed by atoms with E-state index in [4.69, 9.17) is 0 Å². The molecule has 1 N–H and O–H groups in total. The summed E-state index contributed by atoms with van der Waals surface area (Å²) >= 11 is 1.60. The predicted molar refractivity (Wildman–Crippen MR) is 86.3 cm³/mol. The van der Waals surface area contributed by atoms with E-state index in [2.05, 4.69) is 42.6 Å². The molecule has 0 aliphatic heterocycles. The monoisotopic (exact) mass is 282 g/mol. The van der Waals surface area contributed by atoms with Crippen molar-refractivity contribution in [1.82, 2.24) is 0 Å². The van der Waals surface area contributed by atoms with Gasteiger partial charge in [-0.25, -0.2) is 0 Å². The van der Waals surface area contributed by atoms with Gasteiger partial charge >= 0.3 is 0 Å². The first-order valence-electron chi connectivity index (χ1n) is 6.62. The molecule has 2 rings (SSSR count). The fourth-order valence-electron chi connectivity index (χ4n) is 2.13. The SMILES string of the molecule is CSc1cccc(NCC(C)c2ccccc2)c1C#N. The molecule has 3 heteroatoms. The zero-order valence-electron chi connectivity index (χ0n) is 11.8. The lowest BCUT2D eigenvalue weighted by molar-refractivity contribution is 0.804. The summed E-state index contributed by atoms with van der Waals surface area (Å²) in [6, 6.07) is 18.6. The molecule has 0 fully saturated rings. The highest BCUT2D eigenvalue weighted by Gasteiger charge is 2.09. The van der Waals surface area contributed by atoms with Crippen molar-refractivity contribution in [3.8, 4) is 6.07 Å². The maximum absolute atomic E-state index is 9.31. The van der Waals surface area contributed by atoms with Crippen LogP contribution in [0.2, 0.25) is 0 Å². The van der Waals surface area contributed by atoms with Gasteiger partial charge < -0.3 is 5.32 Å². The third-order valence-electron chi connectivity index (χ3n) is 3.33. The van der Waals surface area contributed by atoms with Crippen LogP contribution in [0.3, 0.4) is 0 Å². The Morgan fingerprint density at radius 2 is 1.90 bits per heavy atom. The van der Waals surface area contributed by atoms with E-state index in [0.717, 1.165) is 22.7 Å². The predicted octanol–water partition coefficient (Wildman–Crippen LogP) is 4.50. The average molecular weight is 282 g/mol. The van der Waals surface area contributed by atoms with Crippen LogP contribution in [0.1, 0.15) is 24.0 Å². The Morgan fingerprint density at radius 1 is 1.15 bits per heavy atom. The Kier molecular flexibility index (Phi) is 5.09. The van der Waals surface area contributed by atoms with Crippen molar-refractivity contribution in [3.05, 3.63) is 59.7 Å². The molecule has 0 spiro atoms. The van der Waals surface area contributed by atoms with Crippen molar-refractivity contribution >= 4 is 17.4 Å². The maximum atomic E-state index is 9.31. The molecule has 0 radical (unpaired) electrons. The first-order chi connectivity index (χ1) is 9.76. The highest BCUT2D eigenvalue weighted by atomic mass is 32.2. The molecule has 0 heterocycles. The van der Waals surface area contributed by atoms with Crippen LogP contribution < -0.4 is 5.32 Å². The van der Waals surface area contributed by atoms with Gasteiger partial charge in [-0.1, -0.05) is 43.3 Å². The Hall–Kier alpha value is -1.92. The maximum Gasteiger partial charge on any atom is 0.102 e. The van der Waals surface area contributed by atoms with E-state index in [-0.39, 0.29) is 0 Å². The summed E-state index contributed by atoms with van der Waals surface area (Å²) in [6.07, 6.45) is 1.99. The van der Waals surface area contributed by atoms with Gasteiger partial charge in [0.2, 0.25) is 0 Å². The number of nitrogens with zero attached hydrogens (tertiary/aromatic N) is 1. The van der Waals surface area contributed by atoms with E-state index >= 15 is 0 Å². The van der Waals surface area contributed by atoms with Crippen LogP contribution in [0, 0.1) is 11.3 Å². The number of thioether (sulfide) groups is 1. The van der Waals surface area contributed by atoms with Gasteiger partial charge in [0.1, 0.15) is 6.07 Å². The molecule has 0 bridgehead atoms. The molecule has 2 aromatic rings. The molecule has 0 saturated heterocycles. The van der Waals surface area contributed by atoms with E-state index in [1.807, 2.05) is 30.5 Å². The normalized spacial score (nSPS) is 11.7. The molecule has 1 atom stereocenters. The van der Waals surface area contributed by atoms with Gasteiger partial charge in [-0.15, -0.1) is 11.8 Å². The minimum Gasteiger partial charge on any atom is -0.383 e. The van der Waals surface area contributed by atoms with E-state index in [0.29, 0.717) is 5.92 Å². The average Bonchev–Trinajstić information content (AvgIpc) is 2.52. The summed E-state index contributed by atoms with van der Waals surface area (Å²) in [7, 11) is 0. The number of benzene rings is 2. The van der Waals surface area contributed by atoms with Crippen molar-refractivity contribution in [2.24, 2.45) is 0 Å². The fraction of sp³-hybridized carbons (Fsp3) is 0.235. The third kappa shape index (κ3) is 3.34. The van der Waals surface area contributed by atoms with Crippen molar-refractivity contribution in [1.29, 1.82) is 5.26 Å². The quantitative estimate of drug-likeness (QED) is 0.820. The third-order valence-corrected chi connectivity index (χ3v) is 4.11. The molecule has 0 aliphatic carbocycles. The van der Waals surface area contributed by atoms with Crippen LogP contribution >= 0.6 is 11.8 Å². The number of nitriles is 1. The molecular weight excluding hydrogens is 264 g/mol. The smallest absolute Gasteiger partial charge is 0.102 e. The van der Waals surface area contributed by atoms with Crippen LogP contribution in [-0.4, -0.2) is 12.8 Å². The van der Waals surface area contributed by atoms with Crippen LogP contribution in [0.15, 0.2) is 53.4 Å². The summed E-state index contributed by atoms with van der Waals surface area (Å²) < 4.78 is 0. The molecule has 102 valence electrons. The highest BCUT2D eigenvalue weighted by Crippen LogP contribution is 2.27. The molecule has 0 saturated carbocycles. The second-order valence-corrected chi connectivity index (χ2v) is 5.54. The van der Waals surface area contributed by atoms with Gasteiger partial charge in [-0.05, 0) is 29.9 Å². The Morgan fingerprint density at radius 3 is 2.55 bits per heavy atom. The zero-order valence-corrected chi connectivity index (χ0v) is 12.6. The van der Waals surface area contributed by atoms with Crippen LogP contribution in [0.4, 0.5) is 5.69 Å². The van der Waals surface area contributed by atoms with Crippen molar-refractivity contribution in [3.63, 3.8) is 0 Å². The van der Waals surface area contributed by atoms with Crippen LogP contribution in [-0.2, 0) is 0 Å². The van der Waals surface area contributed by atoms with Crippen LogP contribution in [0.5, 0.6) is 0 Å². The first kappa shape index (κ1) is 14.5. The van der Waals surface area contributed by atoms with Gasteiger partial charge in [0.05, 0.1) is 11.3 Å². The minimum atomic E-state index is 0.403. The fourth-order valence-corrected chi connectivity index (χ4v) is 2.70. The van der Waals surface area contributed by atoms with E-state index in [9.17, 15) is 5.26 Å². The number of hydrogen-bond acceptors (Lipinski definition) is 3. The largest absolute Gasteiger partial charge is 0.383 e. The lowest BCUT2D eigenvalue weighted by atomic mass is 10.0. The molecule has 20 heavy (non-hydrogen) atoms. The van der Waals surface area contributed by atoms with Crippen molar-refractivity contribution in [2.45, 2.75) is 17.7 Å². The first-order valence-corrected chi connectivity index (χ1v) is 7.84. The standard InChI is InChI=1S/C17H18N2S/c1-13(14-7-4-3-5-8-14)12-19-16-9-6-10-17(20-2)15(16)11-18/h3-10,13,19H,12H2,1-2H3. The molecule has 0 aliphatic rings. The highest BCUT2D eigenvalue weighted by molar-refractivity contribution is 7.98. The summed E-state index contributed by atoms with van der Waals surface area (Å²) in [6.45, 7) is 3.00. The summed E-state index contributed by atoms with van der Waals surface area (Å²) in [5, 5.41) is 12.7. The Bertz CT molecular complexity index is 602.